The van der Waals surface area contributed by atoms with Crippen LogP contribution in [0.4, 0.5) is 21.9 Å². The van der Waals surface area contributed by atoms with Crippen molar-refractivity contribution in [2.45, 2.75) is 52.4 Å². The maximum absolute atomic E-state index is 12.8. The van der Waals surface area contributed by atoms with Gasteiger partial charge in [0.2, 0.25) is 5.91 Å². The Kier molecular flexibility index (Phi) is 7.25. The third kappa shape index (κ3) is 5.62. The van der Waals surface area contributed by atoms with Gasteiger partial charge >= 0.3 is 6.03 Å². The van der Waals surface area contributed by atoms with E-state index in [-0.39, 0.29) is 30.7 Å². The van der Waals surface area contributed by atoms with Gasteiger partial charge in [0.1, 0.15) is 5.71 Å². The molecule has 2 aromatic rings. The molecule has 4 amide bonds. The number of aryl methyl sites for hydroxylation is 2. The van der Waals surface area contributed by atoms with Gasteiger partial charge < -0.3 is 15.5 Å². The lowest BCUT2D eigenvalue weighted by Gasteiger charge is -2.25. The number of amides is 4. The Balaban J connectivity index is 1.40. The maximum Gasteiger partial charge on any atom is 0.321 e. The molecule has 0 atom stereocenters. The first-order valence-corrected chi connectivity index (χ1v) is 11.9. The molecule has 4 rings (SSSR count). The van der Waals surface area contributed by atoms with Crippen LogP contribution in [0, 0.1) is 13.8 Å². The first-order valence-electron chi connectivity index (χ1n) is 11.9. The molecule has 0 saturated carbocycles. The molecule has 178 valence electrons. The third-order valence-electron chi connectivity index (χ3n) is 6.17. The van der Waals surface area contributed by atoms with E-state index in [1.807, 2.05) is 36.9 Å². The van der Waals surface area contributed by atoms with Crippen LogP contribution in [0.15, 0.2) is 47.6 Å². The molecule has 1 fully saturated rings. The molecule has 0 unspecified atom stereocenters. The lowest BCUT2D eigenvalue weighted by atomic mass is 10.1. The normalized spacial score (nSPS) is 16.5. The Bertz CT molecular complexity index is 1100. The maximum atomic E-state index is 12.8. The van der Waals surface area contributed by atoms with Gasteiger partial charge in [-0.15, -0.1) is 0 Å². The second-order valence-corrected chi connectivity index (χ2v) is 8.91. The Labute approximate surface area is 200 Å². The van der Waals surface area contributed by atoms with E-state index in [1.54, 1.807) is 24.3 Å². The van der Waals surface area contributed by atoms with Crippen LogP contribution in [0.3, 0.4) is 0 Å². The average Bonchev–Trinajstić information content (AvgIpc) is 3.12. The number of nitrogens with one attached hydrogen (secondary N) is 2. The minimum absolute atomic E-state index is 0.0913. The SMILES string of the molecule is Cc1ccc(C)c(N2N=C(C(=O)Nc3ccc(NC(=O)N4CCCCCC4)cc3)CCC2=O)c1. The number of benzene rings is 2. The smallest absolute Gasteiger partial charge is 0.321 e. The van der Waals surface area contributed by atoms with Crippen molar-refractivity contribution in [3.8, 4) is 0 Å². The van der Waals surface area contributed by atoms with E-state index >= 15 is 0 Å². The number of hydrazone groups is 1. The Morgan fingerprint density at radius 2 is 1.50 bits per heavy atom. The van der Waals surface area contributed by atoms with E-state index in [1.165, 1.54) is 17.9 Å². The molecule has 2 aliphatic rings. The van der Waals surface area contributed by atoms with Crippen molar-refractivity contribution >= 4 is 40.6 Å². The van der Waals surface area contributed by atoms with Gasteiger partial charge in [-0.3, -0.25) is 9.59 Å². The topological polar surface area (TPSA) is 94.1 Å². The van der Waals surface area contributed by atoms with Crippen LogP contribution in [0.5, 0.6) is 0 Å². The highest BCUT2D eigenvalue weighted by atomic mass is 16.2. The number of hydrogen-bond donors (Lipinski definition) is 2. The van der Waals surface area contributed by atoms with Crippen molar-refractivity contribution in [2.24, 2.45) is 5.10 Å². The van der Waals surface area contributed by atoms with Gasteiger partial charge in [0, 0.05) is 37.3 Å². The number of anilines is 3. The summed E-state index contributed by atoms with van der Waals surface area (Å²) >= 11 is 0. The summed E-state index contributed by atoms with van der Waals surface area (Å²) in [5.74, 6) is -0.473. The largest absolute Gasteiger partial charge is 0.325 e. The van der Waals surface area contributed by atoms with E-state index in [9.17, 15) is 14.4 Å². The fourth-order valence-electron chi connectivity index (χ4n) is 4.17. The molecule has 2 N–H and O–H groups in total. The van der Waals surface area contributed by atoms with Crippen molar-refractivity contribution in [3.05, 3.63) is 53.6 Å². The van der Waals surface area contributed by atoms with Gasteiger partial charge in [-0.05, 0) is 68.1 Å². The summed E-state index contributed by atoms with van der Waals surface area (Å²) in [5.41, 5.74) is 4.20. The molecule has 0 bridgehead atoms. The van der Waals surface area contributed by atoms with Gasteiger partial charge in [0.25, 0.3) is 5.91 Å². The highest BCUT2D eigenvalue weighted by Crippen LogP contribution is 2.26. The molecule has 34 heavy (non-hydrogen) atoms. The summed E-state index contributed by atoms with van der Waals surface area (Å²) in [7, 11) is 0. The molecule has 1 saturated heterocycles. The van der Waals surface area contributed by atoms with Crippen LogP contribution < -0.4 is 15.6 Å². The molecule has 0 aliphatic carbocycles. The summed E-state index contributed by atoms with van der Waals surface area (Å²) in [6, 6.07) is 12.7. The average molecular weight is 462 g/mol. The van der Waals surface area contributed by atoms with Crippen LogP contribution in [0.25, 0.3) is 0 Å². The molecular weight excluding hydrogens is 430 g/mol. The summed E-state index contributed by atoms with van der Waals surface area (Å²) in [5, 5.41) is 11.5. The zero-order chi connectivity index (χ0) is 24.1. The number of carbonyl (C=O) groups is 3. The quantitative estimate of drug-likeness (QED) is 0.683. The summed E-state index contributed by atoms with van der Waals surface area (Å²) in [6.45, 7) is 5.43. The molecular formula is C26H31N5O3. The second kappa shape index (κ2) is 10.5. The van der Waals surface area contributed by atoms with E-state index < -0.39 is 0 Å². The lowest BCUT2D eigenvalue weighted by molar-refractivity contribution is -0.118. The Hall–Kier alpha value is -3.68. The van der Waals surface area contributed by atoms with Gasteiger partial charge in [0.15, 0.2) is 0 Å². The molecule has 0 aromatic heterocycles. The van der Waals surface area contributed by atoms with Crippen molar-refractivity contribution in [3.63, 3.8) is 0 Å². The van der Waals surface area contributed by atoms with E-state index in [4.69, 9.17) is 0 Å². The minimum Gasteiger partial charge on any atom is -0.325 e. The van der Waals surface area contributed by atoms with Crippen LogP contribution in [-0.2, 0) is 9.59 Å². The number of carbonyl (C=O) groups excluding carboxylic acids is 3. The van der Waals surface area contributed by atoms with Crippen molar-refractivity contribution in [2.75, 3.05) is 28.7 Å². The third-order valence-corrected chi connectivity index (χ3v) is 6.17. The Morgan fingerprint density at radius 3 is 2.18 bits per heavy atom. The van der Waals surface area contributed by atoms with E-state index in [0.29, 0.717) is 22.8 Å². The van der Waals surface area contributed by atoms with Gasteiger partial charge in [0.05, 0.1) is 5.69 Å². The van der Waals surface area contributed by atoms with Crippen molar-refractivity contribution < 1.29 is 14.4 Å². The highest BCUT2D eigenvalue weighted by molar-refractivity contribution is 6.44. The van der Waals surface area contributed by atoms with Crippen molar-refractivity contribution in [1.82, 2.24) is 4.90 Å². The first kappa shape index (κ1) is 23.5. The standard InChI is InChI=1S/C26H31N5O3/c1-18-7-8-19(2)23(17-18)31-24(32)14-13-22(29-31)25(33)27-20-9-11-21(12-10-20)28-26(34)30-15-5-3-4-6-16-30/h7-12,17H,3-6,13-16H2,1-2H3,(H,27,33)(H,28,34). The van der Waals surface area contributed by atoms with Crippen molar-refractivity contribution in [1.29, 1.82) is 0 Å². The molecule has 8 nitrogen and oxygen atoms in total. The number of hydrogen-bond acceptors (Lipinski definition) is 4. The monoisotopic (exact) mass is 461 g/mol. The first-order chi connectivity index (χ1) is 16.4. The minimum atomic E-state index is -0.343. The van der Waals surface area contributed by atoms with E-state index in [2.05, 4.69) is 15.7 Å². The summed E-state index contributed by atoms with van der Waals surface area (Å²) < 4.78 is 0. The fourth-order valence-corrected chi connectivity index (χ4v) is 4.17. The lowest BCUT2D eigenvalue weighted by Crippen LogP contribution is -2.36. The number of urea groups is 1. The molecule has 0 radical (unpaired) electrons. The van der Waals surface area contributed by atoms with Gasteiger partial charge in [-0.25, -0.2) is 9.80 Å². The zero-order valence-corrected chi connectivity index (χ0v) is 19.8. The highest BCUT2D eigenvalue weighted by Gasteiger charge is 2.26. The van der Waals surface area contributed by atoms with Crippen LogP contribution in [0.1, 0.15) is 49.7 Å². The van der Waals surface area contributed by atoms with Gasteiger partial charge in [-0.2, -0.15) is 5.10 Å². The molecule has 0 spiro atoms. The van der Waals surface area contributed by atoms with Crippen LogP contribution in [0.2, 0.25) is 0 Å². The van der Waals surface area contributed by atoms with Gasteiger partial charge in [-0.1, -0.05) is 25.0 Å². The molecule has 2 heterocycles. The predicted molar refractivity (Wildman–Crippen MR) is 134 cm³/mol. The molecule has 2 aliphatic heterocycles. The predicted octanol–water partition coefficient (Wildman–Crippen LogP) is 4.83. The number of likely N-dealkylation sites (tertiary alicyclic amines) is 1. The van der Waals surface area contributed by atoms with Crippen LogP contribution in [-0.4, -0.2) is 41.5 Å². The molecule has 8 heteroatoms. The summed E-state index contributed by atoms with van der Waals surface area (Å²) in [6.07, 6.45) is 4.92. The fraction of sp³-hybridized carbons (Fsp3) is 0.385. The number of rotatable bonds is 4. The Morgan fingerprint density at radius 1 is 0.853 bits per heavy atom. The zero-order valence-electron chi connectivity index (χ0n) is 19.8. The molecule has 2 aromatic carbocycles. The summed E-state index contributed by atoms with van der Waals surface area (Å²) in [4.78, 5) is 39.7. The van der Waals surface area contributed by atoms with Crippen LogP contribution >= 0.6 is 0 Å². The second-order valence-electron chi connectivity index (χ2n) is 8.91. The number of nitrogens with zero attached hydrogens (tertiary/aromatic N) is 3. The van der Waals surface area contributed by atoms with E-state index in [0.717, 1.165) is 37.1 Å².